The lowest BCUT2D eigenvalue weighted by molar-refractivity contribution is 0.210. The molecule has 0 aliphatic rings. The number of carbonyl (C=O) groups is 1. The highest BCUT2D eigenvalue weighted by Crippen LogP contribution is 2.38. The number of aromatic nitrogens is 1. The van der Waals surface area contributed by atoms with Crippen LogP contribution in [0, 0.1) is 6.92 Å². The minimum absolute atomic E-state index is 0.383. The van der Waals surface area contributed by atoms with Crippen molar-refractivity contribution in [3.8, 4) is 5.75 Å². The monoisotopic (exact) mass is 510 g/mol. The van der Waals surface area contributed by atoms with Gasteiger partial charge in [-0.05, 0) is 65.3 Å². The van der Waals surface area contributed by atoms with Gasteiger partial charge in [0, 0.05) is 15.6 Å². The number of nitrogens with zero attached hydrogens (tertiary/aromatic N) is 2. The Hall–Kier alpha value is -2.70. The molecule has 29 heavy (non-hydrogen) atoms. The predicted molar refractivity (Wildman–Crippen MR) is 123 cm³/mol. The fourth-order valence-electron chi connectivity index (χ4n) is 3.03. The highest BCUT2D eigenvalue weighted by atomic mass is 79.9. The van der Waals surface area contributed by atoms with Gasteiger partial charge in [0.2, 0.25) is 0 Å². The maximum atomic E-state index is 13.3. The minimum atomic E-state index is -0.518. The molecule has 0 aliphatic heterocycles. The second-order valence-corrected chi connectivity index (χ2v) is 8.10. The molecular weight excluding hydrogens is 496 g/mol. The van der Waals surface area contributed by atoms with Crippen LogP contribution in [0.15, 0.2) is 87.8 Å². The third kappa shape index (κ3) is 4.04. The zero-order valence-electron chi connectivity index (χ0n) is 15.5. The van der Waals surface area contributed by atoms with Crippen LogP contribution in [0.25, 0.3) is 10.9 Å². The van der Waals surface area contributed by atoms with Gasteiger partial charge in [0.25, 0.3) is 0 Å². The smallest absolute Gasteiger partial charge is 0.406 e. The molecule has 0 unspecified atom stereocenters. The summed E-state index contributed by atoms with van der Waals surface area (Å²) in [5.41, 5.74) is 2.87. The molecule has 4 aromatic rings. The number of pyridine rings is 1. The fourth-order valence-corrected chi connectivity index (χ4v) is 4.39. The summed E-state index contributed by atoms with van der Waals surface area (Å²) in [6, 6.07) is 24.5. The van der Waals surface area contributed by atoms with Crippen molar-refractivity contribution in [2.45, 2.75) is 6.92 Å². The lowest BCUT2D eigenvalue weighted by atomic mass is 10.2. The van der Waals surface area contributed by atoms with Crippen LogP contribution in [0.1, 0.15) is 5.69 Å². The Morgan fingerprint density at radius 3 is 2.03 bits per heavy atom. The zero-order valence-corrected chi connectivity index (χ0v) is 18.6. The van der Waals surface area contributed by atoms with Gasteiger partial charge in [0.15, 0.2) is 5.75 Å². The minimum Gasteiger partial charge on any atom is -0.406 e. The molecular formula is C23H16Br2N2O2. The molecule has 6 heteroatoms. The van der Waals surface area contributed by atoms with Crippen LogP contribution >= 0.6 is 31.9 Å². The second-order valence-electron chi connectivity index (χ2n) is 6.39. The first-order chi connectivity index (χ1) is 14.0. The number of rotatable bonds is 3. The topological polar surface area (TPSA) is 42.4 Å². The number of hydrogen-bond acceptors (Lipinski definition) is 3. The summed E-state index contributed by atoms with van der Waals surface area (Å²) in [6.07, 6.45) is -0.518. The number of ether oxygens (including phenoxy) is 1. The second kappa shape index (κ2) is 8.35. The lowest BCUT2D eigenvalue weighted by Gasteiger charge is -2.23. The number of aryl methyl sites for hydroxylation is 1. The predicted octanol–water partition coefficient (Wildman–Crippen LogP) is 7.41. The van der Waals surface area contributed by atoms with Crippen molar-refractivity contribution in [1.82, 2.24) is 4.98 Å². The van der Waals surface area contributed by atoms with Gasteiger partial charge in [0.1, 0.15) is 5.52 Å². The number of benzene rings is 3. The third-order valence-electron chi connectivity index (χ3n) is 4.38. The van der Waals surface area contributed by atoms with E-state index in [1.807, 2.05) is 85.8 Å². The number of anilines is 2. The van der Waals surface area contributed by atoms with E-state index in [0.717, 1.165) is 15.6 Å². The van der Waals surface area contributed by atoms with Crippen molar-refractivity contribution in [1.29, 1.82) is 0 Å². The van der Waals surface area contributed by atoms with E-state index in [4.69, 9.17) is 4.74 Å². The Labute approximate surface area is 185 Å². The number of fused-ring (bicyclic) bond motifs is 1. The Kier molecular flexibility index (Phi) is 5.65. The van der Waals surface area contributed by atoms with Crippen LogP contribution in [0.2, 0.25) is 0 Å². The molecule has 0 radical (unpaired) electrons. The molecule has 1 amide bonds. The fraction of sp³-hybridized carbons (Fsp3) is 0.0435. The first-order valence-corrected chi connectivity index (χ1v) is 10.5. The number of halogens is 2. The molecule has 3 aromatic carbocycles. The average molecular weight is 512 g/mol. The summed E-state index contributed by atoms with van der Waals surface area (Å²) >= 11 is 7.07. The van der Waals surface area contributed by atoms with E-state index in [-0.39, 0.29) is 0 Å². The first kappa shape index (κ1) is 19.6. The molecule has 1 aromatic heterocycles. The van der Waals surface area contributed by atoms with Crippen LogP contribution in [-0.2, 0) is 0 Å². The molecule has 0 N–H and O–H groups in total. The van der Waals surface area contributed by atoms with Gasteiger partial charge < -0.3 is 4.74 Å². The van der Waals surface area contributed by atoms with E-state index >= 15 is 0 Å². The van der Waals surface area contributed by atoms with Gasteiger partial charge in [-0.15, -0.1) is 0 Å². The molecule has 0 fully saturated rings. The van der Waals surface area contributed by atoms with Gasteiger partial charge >= 0.3 is 6.09 Å². The first-order valence-electron chi connectivity index (χ1n) is 8.92. The normalized spacial score (nSPS) is 10.7. The van der Waals surface area contributed by atoms with Gasteiger partial charge in [-0.3, -0.25) is 0 Å². The van der Waals surface area contributed by atoms with E-state index in [1.165, 1.54) is 4.90 Å². The van der Waals surface area contributed by atoms with E-state index < -0.39 is 6.09 Å². The van der Waals surface area contributed by atoms with Crippen molar-refractivity contribution in [2.24, 2.45) is 0 Å². The molecule has 0 saturated heterocycles. The van der Waals surface area contributed by atoms with E-state index in [9.17, 15) is 4.79 Å². The average Bonchev–Trinajstić information content (AvgIpc) is 2.73. The van der Waals surface area contributed by atoms with Crippen molar-refractivity contribution in [3.05, 3.63) is 93.5 Å². The van der Waals surface area contributed by atoms with Gasteiger partial charge in [-0.2, -0.15) is 0 Å². The van der Waals surface area contributed by atoms with E-state index in [1.54, 1.807) is 0 Å². The Bertz CT molecular complexity index is 1140. The molecule has 144 valence electrons. The highest BCUT2D eigenvalue weighted by molar-refractivity contribution is 9.11. The van der Waals surface area contributed by atoms with Crippen LogP contribution in [0.3, 0.4) is 0 Å². The summed E-state index contributed by atoms with van der Waals surface area (Å²) in [7, 11) is 0. The maximum absolute atomic E-state index is 13.3. The lowest BCUT2D eigenvalue weighted by Crippen LogP contribution is -2.29. The number of hydrogen-bond donors (Lipinski definition) is 0. The van der Waals surface area contributed by atoms with Gasteiger partial charge in [0.05, 0.1) is 15.8 Å². The van der Waals surface area contributed by atoms with Crippen LogP contribution in [-0.4, -0.2) is 11.1 Å². The standard InChI is InChI=1S/C23H16Br2N2O2/c1-15-12-13-18-19(24)14-20(25)22(21(18)26-15)29-23(28)27(16-8-4-2-5-9-16)17-10-6-3-7-11-17/h2-14H,1H3. The van der Waals surface area contributed by atoms with Crippen molar-refractivity contribution in [3.63, 3.8) is 0 Å². The number of amides is 1. The van der Waals surface area contributed by atoms with Crippen LogP contribution in [0.4, 0.5) is 16.2 Å². The summed E-state index contributed by atoms with van der Waals surface area (Å²) < 4.78 is 7.41. The van der Waals surface area contributed by atoms with Crippen LogP contribution < -0.4 is 9.64 Å². The zero-order chi connectivity index (χ0) is 20.4. The largest absolute Gasteiger partial charge is 0.424 e. The summed E-state index contributed by atoms with van der Waals surface area (Å²) in [4.78, 5) is 19.5. The maximum Gasteiger partial charge on any atom is 0.424 e. The molecule has 1 heterocycles. The van der Waals surface area contributed by atoms with E-state index in [2.05, 4.69) is 36.8 Å². The highest BCUT2D eigenvalue weighted by Gasteiger charge is 2.23. The Balaban J connectivity index is 1.81. The molecule has 4 rings (SSSR count). The number of para-hydroxylation sites is 2. The van der Waals surface area contributed by atoms with Gasteiger partial charge in [-0.25, -0.2) is 14.7 Å². The third-order valence-corrected chi connectivity index (χ3v) is 5.62. The quantitative estimate of drug-likeness (QED) is 0.287. The summed E-state index contributed by atoms with van der Waals surface area (Å²) in [6.45, 7) is 1.90. The summed E-state index contributed by atoms with van der Waals surface area (Å²) in [5, 5.41) is 0.868. The SMILES string of the molecule is Cc1ccc2c(Br)cc(Br)c(OC(=O)N(c3ccccc3)c3ccccc3)c2n1. The molecule has 0 saturated carbocycles. The van der Waals surface area contributed by atoms with Crippen LogP contribution in [0.5, 0.6) is 5.75 Å². The van der Waals surface area contributed by atoms with Crippen molar-refractivity contribution in [2.75, 3.05) is 4.90 Å². The van der Waals surface area contributed by atoms with E-state index in [0.29, 0.717) is 27.1 Å². The molecule has 0 bridgehead atoms. The molecule has 4 nitrogen and oxygen atoms in total. The van der Waals surface area contributed by atoms with Gasteiger partial charge in [-0.1, -0.05) is 52.3 Å². The molecule has 0 spiro atoms. The summed E-state index contributed by atoms with van der Waals surface area (Å²) in [5.74, 6) is 0.383. The molecule has 0 atom stereocenters. The Morgan fingerprint density at radius 2 is 1.45 bits per heavy atom. The van der Waals surface area contributed by atoms with Crippen molar-refractivity contribution < 1.29 is 9.53 Å². The van der Waals surface area contributed by atoms with Crippen molar-refractivity contribution >= 4 is 60.2 Å². The number of carbonyl (C=O) groups excluding carboxylic acids is 1. The Morgan fingerprint density at radius 1 is 0.862 bits per heavy atom. The molecule has 0 aliphatic carbocycles.